The minimum atomic E-state index is -0.586. The number of hydrogen-bond acceptors (Lipinski definition) is 4. The highest BCUT2D eigenvalue weighted by atomic mass is 35.5. The molecule has 2 aromatic carbocycles. The van der Waals surface area contributed by atoms with E-state index in [4.69, 9.17) is 40.2 Å². The number of nitrogens with zero attached hydrogens (tertiary/aromatic N) is 1. The van der Waals surface area contributed by atoms with Gasteiger partial charge in [-0.3, -0.25) is 19.8 Å². The van der Waals surface area contributed by atoms with Crippen molar-refractivity contribution < 1.29 is 14.3 Å². The molecule has 2 aromatic rings. The van der Waals surface area contributed by atoms with Gasteiger partial charge in [0.1, 0.15) is 12.2 Å². The highest BCUT2D eigenvalue weighted by molar-refractivity contribution is 7.80. The van der Waals surface area contributed by atoms with Crippen molar-refractivity contribution in [2.45, 2.75) is 13.5 Å². The molecule has 0 atom stereocenters. The van der Waals surface area contributed by atoms with Gasteiger partial charge in [0.15, 0.2) is 10.9 Å². The quantitative estimate of drug-likeness (QED) is 0.294. The minimum Gasteiger partial charge on any atom is -0.486 e. The zero-order valence-corrected chi connectivity index (χ0v) is 18.4. The third-order valence-corrected chi connectivity index (χ3v) is 5.18. The van der Waals surface area contributed by atoms with E-state index in [0.29, 0.717) is 17.9 Å². The van der Waals surface area contributed by atoms with Crippen molar-refractivity contribution >= 4 is 58.4 Å². The zero-order chi connectivity index (χ0) is 21.8. The van der Waals surface area contributed by atoms with Crippen molar-refractivity contribution in [3.05, 3.63) is 81.4 Å². The number of nitrogens with one attached hydrogen (secondary N) is 1. The SMILES string of the molecule is C=CCN1C(=O)/C(=C/c2cc(Cl)c(OCc3cccc(C)c3)c(Cl)c2)C(=O)NC1=S. The number of aryl methyl sites for hydroxylation is 1. The highest BCUT2D eigenvalue weighted by Gasteiger charge is 2.32. The summed E-state index contributed by atoms with van der Waals surface area (Å²) in [5.74, 6) is -0.774. The van der Waals surface area contributed by atoms with Crippen molar-refractivity contribution in [3.63, 3.8) is 0 Å². The van der Waals surface area contributed by atoms with Crippen LogP contribution in [0.2, 0.25) is 10.0 Å². The smallest absolute Gasteiger partial charge is 0.265 e. The molecule has 1 fully saturated rings. The second-order valence-corrected chi connectivity index (χ2v) is 7.81. The van der Waals surface area contributed by atoms with Crippen molar-refractivity contribution in [2.75, 3.05) is 6.54 Å². The van der Waals surface area contributed by atoms with Crippen LogP contribution in [0.15, 0.2) is 54.6 Å². The number of benzene rings is 2. The Morgan fingerprint density at radius 2 is 1.90 bits per heavy atom. The average Bonchev–Trinajstić information content (AvgIpc) is 2.68. The van der Waals surface area contributed by atoms with Crippen molar-refractivity contribution in [1.82, 2.24) is 10.2 Å². The van der Waals surface area contributed by atoms with Crippen LogP contribution in [-0.4, -0.2) is 28.4 Å². The van der Waals surface area contributed by atoms with E-state index in [1.807, 2.05) is 31.2 Å². The Hall–Kier alpha value is -2.67. The van der Waals surface area contributed by atoms with Crippen molar-refractivity contribution in [3.8, 4) is 5.75 Å². The van der Waals surface area contributed by atoms with Crippen LogP contribution in [-0.2, 0) is 16.2 Å². The molecular weight excluding hydrogens is 443 g/mol. The summed E-state index contributed by atoms with van der Waals surface area (Å²) in [6, 6.07) is 11.1. The number of halogens is 2. The first-order valence-corrected chi connectivity index (χ1v) is 10.1. The Balaban J connectivity index is 1.85. The first-order valence-electron chi connectivity index (χ1n) is 8.97. The Kier molecular flexibility index (Phi) is 6.92. The van der Waals surface area contributed by atoms with E-state index in [0.717, 1.165) is 11.1 Å². The lowest BCUT2D eigenvalue weighted by atomic mass is 10.1. The summed E-state index contributed by atoms with van der Waals surface area (Å²) in [5.41, 5.74) is 2.51. The molecule has 0 saturated carbocycles. The molecule has 1 heterocycles. The molecule has 1 saturated heterocycles. The normalized spacial score (nSPS) is 15.4. The number of ether oxygens (including phenoxy) is 1. The van der Waals surface area contributed by atoms with Gasteiger partial charge >= 0.3 is 0 Å². The maximum Gasteiger partial charge on any atom is 0.265 e. The van der Waals surface area contributed by atoms with Gasteiger partial charge in [-0.2, -0.15) is 0 Å². The third kappa shape index (κ3) is 4.90. The Bertz CT molecular complexity index is 1060. The number of amides is 2. The maximum atomic E-state index is 12.6. The number of hydrogen-bond donors (Lipinski definition) is 1. The van der Waals surface area contributed by atoms with Gasteiger partial charge in [0, 0.05) is 6.54 Å². The van der Waals surface area contributed by atoms with Crippen LogP contribution in [0.5, 0.6) is 5.75 Å². The molecule has 1 aliphatic rings. The molecule has 3 rings (SSSR count). The molecule has 154 valence electrons. The summed E-state index contributed by atoms with van der Waals surface area (Å²) >= 11 is 17.8. The standard InChI is InChI=1S/C22H18Cl2N2O3S/c1-3-7-26-21(28)16(20(27)25-22(26)30)9-15-10-17(23)19(18(24)11-15)29-12-14-6-4-5-13(2)8-14/h3-6,8-11H,1,7,12H2,2H3,(H,25,27,30)/b16-9+. The van der Waals surface area contributed by atoms with Gasteiger partial charge in [0.2, 0.25) is 0 Å². The van der Waals surface area contributed by atoms with Crippen LogP contribution < -0.4 is 10.1 Å². The number of carbonyl (C=O) groups is 2. The summed E-state index contributed by atoms with van der Waals surface area (Å²) in [5, 5.41) is 3.06. The van der Waals surface area contributed by atoms with Crippen molar-refractivity contribution in [1.29, 1.82) is 0 Å². The first kappa shape index (κ1) is 22.0. The molecule has 1 aliphatic heterocycles. The first-order chi connectivity index (χ1) is 14.3. The number of carbonyl (C=O) groups excluding carboxylic acids is 2. The second kappa shape index (κ2) is 9.43. The van der Waals surface area contributed by atoms with Gasteiger partial charge in [-0.15, -0.1) is 6.58 Å². The molecule has 2 amide bonds. The lowest BCUT2D eigenvalue weighted by molar-refractivity contribution is -0.128. The zero-order valence-electron chi connectivity index (χ0n) is 16.1. The molecule has 0 unspecified atom stereocenters. The summed E-state index contributed by atoms with van der Waals surface area (Å²) < 4.78 is 5.79. The summed E-state index contributed by atoms with van der Waals surface area (Å²) in [7, 11) is 0. The molecule has 0 spiro atoms. The fourth-order valence-electron chi connectivity index (χ4n) is 2.91. The Morgan fingerprint density at radius 1 is 1.20 bits per heavy atom. The van der Waals surface area contributed by atoms with E-state index in [9.17, 15) is 9.59 Å². The molecule has 5 nitrogen and oxygen atoms in total. The van der Waals surface area contributed by atoms with Crippen LogP contribution in [0.25, 0.3) is 6.08 Å². The van der Waals surface area contributed by atoms with Gasteiger partial charge in [-0.25, -0.2) is 0 Å². The molecular formula is C22H18Cl2N2O3S. The average molecular weight is 461 g/mol. The maximum absolute atomic E-state index is 12.6. The molecule has 30 heavy (non-hydrogen) atoms. The molecule has 0 bridgehead atoms. The Labute approximate surface area is 189 Å². The summed E-state index contributed by atoms with van der Waals surface area (Å²) in [6.45, 7) is 6.08. The van der Waals surface area contributed by atoms with E-state index in [1.54, 1.807) is 12.1 Å². The van der Waals surface area contributed by atoms with Crippen LogP contribution in [0.3, 0.4) is 0 Å². The van der Waals surface area contributed by atoms with E-state index >= 15 is 0 Å². The van der Waals surface area contributed by atoms with Gasteiger partial charge in [-0.1, -0.05) is 59.1 Å². The van der Waals surface area contributed by atoms with E-state index < -0.39 is 11.8 Å². The monoisotopic (exact) mass is 460 g/mol. The van der Waals surface area contributed by atoms with Gasteiger partial charge < -0.3 is 4.74 Å². The minimum absolute atomic E-state index is 0.0398. The number of rotatable bonds is 6. The van der Waals surface area contributed by atoms with E-state index in [2.05, 4.69) is 11.9 Å². The summed E-state index contributed by atoms with van der Waals surface area (Å²) in [6.07, 6.45) is 2.94. The lowest BCUT2D eigenvalue weighted by Crippen LogP contribution is -2.53. The van der Waals surface area contributed by atoms with Gasteiger partial charge in [-0.05, 0) is 48.5 Å². The third-order valence-electron chi connectivity index (χ3n) is 4.29. The van der Waals surface area contributed by atoms with Gasteiger partial charge in [0.25, 0.3) is 11.8 Å². The van der Waals surface area contributed by atoms with E-state index in [1.165, 1.54) is 17.1 Å². The topological polar surface area (TPSA) is 58.6 Å². The van der Waals surface area contributed by atoms with E-state index in [-0.39, 0.29) is 27.3 Å². The fourth-order valence-corrected chi connectivity index (χ4v) is 3.78. The highest BCUT2D eigenvalue weighted by Crippen LogP contribution is 2.35. The second-order valence-electron chi connectivity index (χ2n) is 6.61. The van der Waals surface area contributed by atoms with Crippen LogP contribution >= 0.6 is 35.4 Å². The van der Waals surface area contributed by atoms with Crippen LogP contribution in [0.4, 0.5) is 0 Å². The van der Waals surface area contributed by atoms with Crippen LogP contribution in [0, 0.1) is 6.92 Å². The summed E-state index contributed by atoms with van der Waals surface area (Å²) in [4.78, 5) is 26.1. The largest absolute Gasteiger partial charge is 0.486 e. The predicted octanol–water partition coefficient (Wildman–Crippen LogP) is 4.69. The predicted molar refractivity (Wildman–Crippen MR) is 123 cm³/mol. The van der Waals surface area contributed by atoms with Crippen LogP contribution in [0.1, 0.15) is 16.7 Å². The molecule has 0 radical (unpaired) electrons. The fraction of sp³-hybridized carbons (Fsp3) is 0.136. The molecule has 1 N–H and O–H groups in total. The molecule has 0 aliphatic carbocycles. The number of thiocarbonyl (C=S) groups is 1. The van der Waals surface area contributed by atoms with Crippen molar-refractivity contribution in [2.24, 2.45) is 0 Å². The molecule has 8 heteroatoms. The van der Waals surface area contributed by atoms with Gasteiger partial charge in [0.05, 0.1) is 10.0 Å². The Morgan fingerprint density at radius 3 is 2.53 bits per heavy atom. The molecule has 0 aromatic heterocycles. The lowest BCUT2D eigenvalue weighted by Gasteiger charge is -2.27.